The second-order valence-electron chi connectivity index (χ2n) is 3.93. The molecule has 0 atom stereocenters. The molecule has 1 rings (SSSR count). The van der Waals surface area contributed by atoms with E-state index >= 15 is 0 Å². The summed E-state index contributed by atoms with van der Waals surface area (Å²) in [6.45, 7) is 1.57. The van der Waals surface area contributed by atoms with Crippen molar-refractivity contribution < 1.29 is 22.0 Å². The summed E-state index contributed by atoms with van der Waals surface area (Å²) < 4.78 is 49.3. The first kappa shape index (κ1) is 13.9. The van der Waals surface area contributed by atoms with Crippen LogP contribution < -0.4 is 0 Å². The fraction of sp³-hybridized carbons (Fsp3) is 1.00. The minimum Gasteiger partial charge on any atom is -0.386 e. The van der Waals surface area contributed by atoms with E-state index in [9.17, 15) is 13.2 Å². The van der Waals surface area contributed by atoms with E-state index < -0.39 is 21.3 Å². The average Bonchev–Trinajstić information content (AvgIpc) is 2.72. The van der Waals surface area contributed by atoms with Gasteiger partial charge in [-0.15, -0.1) is 0 Å². The van der Waals surface area contributed by atoms with Crippen molar-refractivity contribution in [3.63, 3.8) is 0 Å². The lowest BCUT2D eigenvalue weighted by Crippen LogP contribution is -2.56. The summed E-state index contributed by atoms with van der Waals surface area (Å²) in [6, 6.07) is -0.0521. The summed E-state index contributed by atoms with van der Waals surface area (Å²) in [4.78, 5) is 0. The molecule has 0 aliphatic carbocycles. The Balaban J connectivity index is 2.63. The van der Waals surface area contributed by atoms with E-state index in [1.54, 1.807) is 0 Å². The second kappa shape index (κ2) is 5.48. The van der Waals surface area contributed by atoms with Crippen LogP contribution in [0.1, 0.15) is 19.3 Å². The normalized spacial score (nSPS) is 19.3. The Hall–Kier alpha value is -0.113. The standard InChI is InChI=1S/C9H18F3NO2Si/c1-14-16(15-2,8-5-9(10,11)12)13-6-3-4-7-13/h3-8H2,1-2H3. The molecule has 0 amide bonds. The third-order valence-corrected chi connectivity index (χ3v) is 6.52. The topological polar surface area (TPSA) is 21.7 Å². The lowest BCUT2D eigenvalue weighted by atomic mass is 10.4. The van der Waals surface area contributed by atoms with Crippen LogP contribution >= 0.6 is 0 Å². The van der Waals surface area contributed by atoms with Gasteiger partial charge in [0.15, 0.2) is 0 Å². The maximum Gasteiger partial charge on any atom is 0.427 e. The maximum atomic E-state index is 12.2. The van der Waals surface area contributed by atoms with Crippen LogP contribution in [0.3, 0.4) is 0 Å². The van der Waals surface area contributed by atoms with Gasteiger partial charge in [-0.25, -0.2) is 0 Å². The van der Waals surface area contributed by atoms with Gasteiger partial charge in [-0.05, 0) is 25.9 Å². The highest BCUT2D eigenvalue weighted by Crippen LogP contribution is 2.30. The first-order valence-corrected chi connectivity index (χ1v) is 7.33. The molecular formula is C9H18F3NO2Si. The zero-order valence-electron chi connectivity index (χ0n) is 9.64. The third-order valence-electron chi connectivity index (χ3n) is 2.95. The summed E-state index contributed by atoms with van der Waals surface area (Å²) in [6.07, 6.45) is -2.96. The molecule has 0 saturated carbocycles. The lowest BCUT2D eigenvalue weighted by molar-refractivity contribution is -0.132. The molecule has 1 saturated heterocycles. The van der Waals surface area contributed by atoms with Crippen molar-refractivity contribution in [3.05, 3.63) is 0 Å². The zero-order valence-corrected chi connectivity index (χ0v) is 10.6. The second-order valence-corrected chi connectivity index (χ2v) is 7.30. The molecule has 1 aliphatic heterocycles. The molecule has 3 nitrogen and oxygen atoms in total. The van der Waals surface area contributed by atoms with Gasteiger partial charge in [-0.1, -0.05) is 0 Å². The zero-order chi connectivity index (χ0) is 12.2. The molecule has 1 fully saturated rings. The fourth-order valence-corrected chi connectivity index (χ4v) is 5.07. The Morgan fingerprint density at radius 2 is 1.62 bits per heavy atom. The van der Waals surface area contributed by atoms with Crippen LogP contribution in [0.2, 0.25) is 6.04 Å². The maximum absolute atomic E-state index is 12.2. The SMILES string of the molecule is CO[Si](CCC(F)(F)F)(OC)N1CCCC1. The van der Waals surface area contributed by atoms with Crippen molar-refractivity contribution in [1.29, 1.82) is 0 Å². The molecule has 0 bridgehead atoms. The minimum atomic E-state index is -4.14. The van der Waals surface area contributed by atoms with E-state index in [0.29, 0.717) is 0 Å². The van der Waals surface area contributed by atoms with Crippen LogP contribution in [0, 0.1) is 0 Å². The Bertz CT molecular complexity index is 215. The van der Waals surface area contributed by atoms with Gasteiger partial charge in [0.05, 0.1) is 0 Å². The monoisotopic (exact) mass is 257 g/mol. The van der Waals surface area contributed by atoms with Gasteiger partial charge in [0.1, 0.15) is 0 Å². The largest absolute Gasteiger partial charge is 0.427 e. The first-order valence-electron chi connectivity index (χ1n) is 5.35. The number of hydrogen-bond donors (Lipinski definition) is 0. The van der Waals surface area contributed by atoms with Crippen LogP contribution in [-0.4, -0.2) is 46.8 Å². The van der Waals surface area contributed by atoms with Crippen molar-refractivity contribution in [2.75, 3.05) is 27.3 Å². The van der Waals surface area contributed by atoms with Gasteiger partial charge in [0.25, 0.3) is 0 Å². The van der Waals surface area contributed by atoms with Crippen LogP contribution in [-0.2, 0) is 8.85 Å². The van der Waals surface area contributed by atoms with E-state index in [-0.39, 0.29) is 6.04 Å². The Labute approximate surface area is 94.8 Å². The smallest absolute Gasteiger partial charge is 0.386 e. The molecule has 7 heteroatoms. The van der Waals surface area contributed by atoms with Crippen molar-refractivity contribution in [2.45, 2.75) is 31.5 Å². The van der Waals surface area contributed by atoms with Crippen molar-refractivity contribution in [2.24, 2.45) is 0 Å². The summed E-state index contributed by atoms with van der Waals surface area (Å²) in [5, 5.41) is 0. The Morgan fingerprint density at radius 3 is 2.00 bits per heavy atom. The first-order chi connectivity index (χ1) is 7.43. The highest BCUT2D eigenvalue weighted by atomic mass is 28.4. The average molecular weight is 257 g/mol. The van der Waals surface area contributed by atoms with Crippen molar-refractivity contribution in [1.82, 2.24) is 4.57 Å². The number of alkyl halides is 3. The van der Waals surface area contributed by atoms with E-state index in [4.69, 9.17) is 8.85 Å². The molecule has 0 unspecified atom stereocenters. The van der Waals surface area contributed by atoms with E-state index in [2.05, 4.69) is 0 Å². The Morgan fingerprint density at radius 1 is 1.12 bits per heavy atom. The number of rotatable bonds is 5. The summed E-state index contributed by atoms with van der Waals surface area (Å²) >= 11 is 0. The van der Waals surface area contributed by atoms with Gasteiger partial charge in [0.2, 0.25) is 0 Å². The van der Waals surface area contributed by atoms with E-state index in [0.717, 1.165) is 25.9 Å². The van der Waals surface area contributed by atoms with Crippen LogP contribution in [0.15, 0.2) is 0 Å². The number of nitrogens with zero attached hydrogens (tertiary/aromatic N) is 1. The van der Waals surface area contributed by atoms with Crippen LogP contribution in [0.25, 0.3) is 0 Å². The predicted octanol–water partition coefficient (Wildman–Crippen LogP) is 2.27. The summed E-state index contributed by atoms with van der Waals surface area (Å²) in [5.41, 5.74) is 0. The number of halogens is 3. The fourth-order valence-electron chi connectivity index (χ4n) is 2.06. The minimum absolute atomic E-state index is 0.0521. The molecular weight excluding hydrogens is 239 g/mol. The van der Waals surface area contributed by atoms with Crippen LogP contribution in [0.5, 0.6) is 0 Å². The molecule has 16 heavy (non-hydrogen) atoms. The molecule has 0 spiro atoms. The summed E-state index contributed by atoms with van der Waals surface area (Å²) in [7, 11) is 0.0908. The van der Waals surface area contributed by atoms with E-state index in [1.165, 1.54) is 14.2 Å². The van der Waals surface area contributed by atoms with Gasteiger partial charge in [-0.3, -0.25) is 4.57 Å². The van der Waals surface area contributed by atoms with Gasteiger partial charge >= 0.3 is 14.9 Å². The summed E-state index contributed by atoms with van der Waals surface area (Å²) in [5.74, 6) is 0. The van der Waals surface area contributed by atoms with Crippen LogP contribution in [0.4, 0.5) is 13.2 Å². The third kappa shape index (κ3) is 3.44. The molecule has 96 valence electrons. The van der Waals surface area contributed by atoms with Crippen molar-refractivity contribution in [3.8, 4) is 0 Å². The molecule has 0 aromatic carbocycles. The highest BCUT2D eigenvalue weighted by Gasteiger charge is 2.47. The Kier molecular flexibility index (Phi) is 4.78. The molecule has 0 aromatic heterocycles. The molecule has 0 aromatic rings. The van der Waals surface area contributed by atoms with Crippen molar-refractivity contribution >= 4 is 8.72 Å². The van der Waals surface area contributed by atoms with Gasteiger partial charge < -0.3 is 8.85 Å². The lowest BCUT2D eigenvalue weighted by Gasteiger charge is -2.35. The highest BCUT2D eigenvalue weighted by molar-refractivity contribution is 6.64. The van der Waals surface area contributed by atoms with E-state index in [1.807, 2.05) is 4.57 Å². The van der Waals surface area contributed by atoms with Gasteiger partial charge in [0, 0.05) is 26.7 Å². The molecule has 0 N–H and O–H groups in total. The predicted molar refractivity (Wildman–Crippen MR) is 56.1 cm³/mol. The van der Waals surface area contributed by atoms with Gasteiger partial charge in [-0.2, -0.15) is 13.2 Å². The quantitative estimate of drug-likeness (QED) is 0.705. The molecule has 0 radical (unpaired) electrons. The molecule has 1 heterocycles. The number of hydrogen-bond acceptors (Lipinski definition) is 3. The molecule has 1 aliphatic rings.